The topological polar surface area (TPSA) is 58.2 Å². The number of thiophene rings is 1. The lowest BCUT2D eigenvalue weighted by Gasteiger charge is -2.15. The number of benzene rings is 1. The van der Waals surface area contributed by atoms with Crippen molar-refractivity contribution in [3.63, 3.8) is 0 Å². The Morgan fingerprint density at radius 2 is 1.95 bits per heavy atom. The van der Waals surface area contributed by atoms with Gasteiger partial charge in [-0.1, -0.05) is 18.2 Å². The van der Waals surface area contributed by atoms with Crippen LogP contribution in [0.25, 0.3) is 0 Å². The summed E-state index contributed by atoms with van der Waals surface area (Å²) >= 11 is 1.54. The Kier molecular flexibility index (Phi) is 4.80. The summed E-state index contributed by atoms with van der Waals surface area (Å²) in [5, 5.41) is 5.01. The summed E-state index contributed by atoms with van der Waals surface area (Å²) in [6, 6.07) is 10.5. The van der Waals surface area contributed by atoms with Gasteiger partial charge in [0.1, 0.15) is 4.90 Å². The van der Waals surface area contributed by atoms with Crippen molar-refractivity contribution in [2.45, 2.75) is 24.8 Å². The van der Waals surface area contributed by atoms with Crippen molar-refractivity contribution in [1.29, 1.82) is 0 Å². The van der Waals surface area contributed by atoms with Gasteiger partial charge < -0.3 is 5.32 Å². The Hall–Kier alpha value is -1.37. The predicted molar refractivity (Wildman–Crippen MR) is 83.7 cm³/mol. The second-order valence-corrected chi connectivity index (χ2v) is 7.05. The smallest absolute Gasteiger partial charge is 0.243 e. The first-order valence-electron chi connectivity index (χ1n) is 6.43. The van der Waals surface area contributed by atoms with Gasteiger partial charge in [0.2, 0.25) is 10.0 Å². The molecule has 2 N–H and O–H groups in total. The number of nitrogens with one attached hydrogen (secondary N) is 2. The lowest BCUT2D eigenvalue weighted by molar-refractivity contribution is 0.569. The van der Waals surface area contributed by atoms with Crippen molar-refractivity contribution in [1.82, 2.24) is 4.72 Å². The van der Waals surface area contributed by atoms with E-state index in [2.05, 4.69) is 10.0 Å². The highest BCUT2D eigenvalue weighted by Gasteiger charge is 2.21. The molecule has 20 heavy (non-hydrogen) atoms. The Morgan fingerprint density at radius 3 is 2.60 bits per heavy atom. The maximum Gasteiger partial charge on any atom is 0.243 e. The van der Waals surface area contributed by atoms with E-state index in [9.17, 15) is 8.42 Å². The largest absolute Gasteiger partial charge is 0.384 e. The quantitative estimate of drug-likeness (QED) is 0.861. The molecule has 0 aliphatic carbocycles. The van der Waals surface area contributed by atoms with Crippen LogP contribution in [0.2, 0.25) is 0 Å². The summed E-state index contributed by atoms with van der Waals surface area (Å²) in [7, 11) is -3.54. The fraction of sp³-hybridized carbons (Fsp3) is 0.286. The molecule has 108 valence electrons. The molecule has 6 heteroatoms. The van der Waals surface area contributed by atoms with Gasteiger partial charge in [0.05, 0.1) is 11.7 Å². The standard InChI is InChI=1S/C14H18N2O2S2/c1-3-15-12-7-4-5-9-14(12)20(17,18)16-11(2)13-8-6-10-19-13/h4-11,15-16H,3H2,1-2H3. The van der Waals surface area contributed by atoms with Crippen LogP contribution < -0.4 is 10.0 Å². The second kappa shape index (κ2) is 6.39. The molecule has 0 amide bonds. The zero-order valence-electron chi connectivity index (χ0n) is 11.5. The number of sulfonamides is 1. The Labute approximate surface area is 123 Å². The average Bonchev–Trinajstić information content (AvgIpc) is 2.93. The van der Waals surface area contributed by atoms with E-state index in [0.29, 0.717) is 12.2 Å². The third kappa shape index (κ3) is 3.39. The lowest BCUT2D eigenvalue weighted by Crippen LogP contribution is -2.27. The molecule has 0 fully saturated rings. The molecular weight excluding hydrogens is 292 g/mol. The molecule has 0 aliphatic rings. The molecule has 0 saturated carbocycles. The van der Waals surface area contributed by atoms with Crippen LogP contribution in [0.3, 0.4) is 0 Å². The lowest BCUT2D eigenvalue weighted by atomic mass is 10.3. The predicted octanol–water partition coefficient (Wildman–Crippen LogP) is 3.22. The molecule has 2 aromatic rings. The SMILES string of the molecule is CCNc1ccccc1S(=O)(=O)NC(C)c1cccs1. The molecule has 1 aromatic heterocycles. The maximum atomic E-state index is 12.5. The zero-order chi connectivity index (χ0) is 14.6. The van der Waals surface area contributed by atoms with E-state index in [4.69, 9.17) is 0 Å². The second-order valence-electron chi connectivity index (χ2n) is 4.38. The number of rotatable bonds is 6. The number of hydrogen-bond donors (Lipinski definition) is 2. The van der Waals surface area contributed by atoms with Gasteiger partial charge in [-0.2, -0.15) is 0 Å². The van der Waals surface area contributed by atoms with Crippen LogP contribution in [-0.4, -0.2) is 15.0 Å². The minimum atomic E-state index is -3.54. The van der Waals surface area contributed by atoms with Crippen molar-refractivity contribution < 1.29 is 8.42 Å². The molecule has 0 aliphatic heterocycles. The van der Waals surface area contributed by atoms with Gasteiger partial charge in [-0.05, 0) is 37.4 Å². The van der Waals surface area contributed by atoms with Crippen molar-refractivity contribution in [3.8, 4) is 0 Å². The van der Waals surface area contributed by atoms with Gasteiger partial charge in [0.25, 0.3) is 0 Å². The summed E-state index contributed by atoms with van der Waals surface area (Å²) in [6.07, 6.45) is 0. The number of para-hydroxylation sites is 1. The van der Waals surface area contributed by atoms with E-state index in [0.717, 1.165) is 4.88 Å². The minimum Gasteiger partial charge on any atom is -0.384 e. The monoisotopic (exact) mass is 310 g/mol. The fourth-order valence-electron chi connectivity index (χ4n) is 1.93. The molecule has 0 spiro atoms. The van der Waals surface area contributed by atoms with E-state index in [1.165, 1.54) is 11.3 Å². The first-order valence-corrected chi connectivity index (χ1v) is 8.79. The third-order valence-electron chi connectivity index (χ3n) is 2.85. The van der Waals surface area contributed by atoms with E-state index in [1.54, 1.807) is 18.2 Å². The van der Waals surface area contributed by atoms with Crippen LogP contribution in [0.4, 0.5) is 5.69 Å². The molecule has 4 nitrogen and oxygen atoms in total. The van der Waals surface area contributed by atoms with Crippen LogP contribution in [0, 0.1) is 0 Å². The fourth-order valence-corrected chi connectivity index (χ4v) is 4.15. The molecule has 0 radical (unpaired) electrons. The van der Waals surface area contributed by atoms with Crippen molar-refractivity contribution in [2.75, 3.05) is 11.9 Å². The highest BCUT2D eigenvalue weighted by Crippen LogP contribution is 2.24. The molecule has 1 unspecified atom stereocenters. The molecule has 1 heterocycles. The van der Waals surface area contributed by atoms with Crippen LogP contribution in [0.1, 0.15) is 24.8 Å². The molecule has 2 rings (SSSR count). The molecule has 0 saturated heterocycles. The first-order chi connectivity index (χ1) is 9.54. The molecule has 1 aromatic carbocycles. The van der Waals surface area contributed by atoms with Crippen molar-refractivity contribution >= 4 is 27.0 Å². The van der Waals surface area contributed by atoms with Crippen LogP contribution in [0.5, 0.6) is 0 Å². The first kappa shape index (κ1) is 15.0. The van der Waals surface area contributed by atoms with Crippen LogP contribution in [-0.2, 0) is 10.0 Å². The van der Waals surface area contributed by atoms with Gasteiger partial charge in [0.15, 0.2) is 0 Å². The van der Waals surface area contributed by atoms with Crippen LogP contribution >= 0.6 is 11.3 Å². The summed E-state index contributed by atoms with van der Waals surface area (Å²) in [6.45, 7) is 4.46. The van der Waals surface area contributed by atoms with Gasteiger partial charge in [-0.15, -0.1) is 11.3 Å². The summed E-state index contributed by atoms with van der Waals surface area (Å²) in [5.74, 6) is 0. The highest BCUT2D eigenvalue weighted by molar-refractivity contribution is 7.89. The van der Waals surface area contributed by atoms with E-state index in [-0.39, 0.29) is 10.9 Å². The molecule has 0 bridgehead atoms. The van der Waals surface area contributed by atoms with E-state index >= 15 is 0 Å². The van der Waals surface area contributed by atoms with Gasteiger partial charge in [-0.3, -0.25) is 0 Å². The van der Waals surface area contributed by atoms with Gasteiger partial charge in [0, 0.05) is 11.4 Å². The minimum absolute atomic E-state index is 0.241. The number of hydrogen-bond acceptors (Lipinski definition) is 4. The summed E-state index contributed by atoms with van der Waals surface area (Å²) < 4.78 is 27.7. The van der Waals surface area contributed by atoms with Crippen molar-refractivity contribution in [3.05, 3.63) is 46.7 Å². The van der Waals surface area contributed by atoms with Gasteiger partial charge >= 0.3 is 0 Å². The highest BCUT2D eigenvalue weighted by atomic mass is 32.2. The maximum absolute atomic E-state index is 12.5. The molecule has 1 atom stereocenters. The normalized spacial score (nSPS) is 13.1. The Bertz CT molecular complexity index is 652. The van der Waals surface area contributed by atoms with Crippen LogP contribution in [0.15, 0.2) is 46.7 Å². The number of anilines is 1. The molecular formula is C14H18N2O2S2. The summed E-state index contributed by atoms with van der Waals surface area (Å²) in [5.41, 5.74) is 0.626. The van der Waals surface area contributed by atoms with Gasteiger partial charge in [-0.25, -0.2) is 13.1 Å². The third-order valence-corrected chi connectivity index (χ3v) is 5.50. The Morgan fingerprint density at radius 1 is 1.20 bits per heavy atom. The zero-order valence-corrected chi connectivity index (χ0v) is 13.1. The van der Waals surface area contributed by atoms with Crippen molar-refractivity contribution in [2.24, 2.45) is 0 Å². The summed E-state index contributed by atoms with van der Waals surface area (Å²) in [4.78, 5) is 1.28. The van der Waals surface area contributed by atoms with E-state index in [1.807, 2.05) is 37.4 Å². The Balaban J connectivity index is 2.27. The average molecular weight is 310 g/mol. The van der Waals surface area contributed by atoms with E-state index < -0.39 is 10.0 Å².